The first-order valence-electron chi connectivity index (χ1n) is 12.6. The van der Waals surface area contributed by atoms with Gasteiger partial charge in [0.15, 0.2) is 0 Å². The molecule has 0 saturated carbocycles. The summed E-state index contributed by atoms with van der Waals surface area (Å²) in [4.78, 5) is 52.6. The summed E-state index contributed by atoms with van der Waals surface area (Å²) in [6.07, 6.45) is 0.795. The average Bonchev–Trinajstić information content (AvgIpc) is 2.74. The number of hydrogen-bond acceptors (Lipinski definition) is 6. The number of carbonyl (C=O) groups is 4. The maximum Gasteiger partial charge on any atom is 0.408 e. The molecule has 2 unspecified atom stereocenters. The molecule has 2 atom stereocenters. The van der Waals surface area contributed by atoms with Crippen LogP contribution in [0.25, 0.3) is 0 Å². The SMILES string of the molecule is CCCCN(C(=O)C(C)NC(=O)OC(C)(C)C)C(C(=O)NCCC(=O)OCC)c1cc(C)cc(C)c1. The number of ether oxygens (including phenoxy) is 2. The van der Waals surface area contributed by atoms with Crippen LogP contribution < -0.4 is 10.6 Å². The summed E-state index contributed by atoms with van der Waals surface area (Å²) in [7, 11) is 0. The lowest BCUT2D eigenvalue weighted by Gasteiger charge is -2.34. The van der Waals surface area contributed by atoms with E-state index in [4.69, 9.17) is 9.47 Å². The number of unbranched alkanes of at least 4 members (excludes halogenated alkanes) is 1. The molecule has 0 fully saturated rings. The van der Waals surface area contributed by atoms with Gasteiger partial charge in [0, 0.05) is 13.1 Å². The van der Waals surface area contributed by atoms with Crippen molar-refractivity contribution in [1.82, 2.24) is 15.5 Å². The van der Waals surface area contributed by atoms with Crippen molar-refractivity contribution in [2.45, 2.75) is 92.3 Å². The van der Waals surface area contributed by atoms with Crippen LogP contribution in [0.1, 0.15) is 83.5 Å². The Morgan fingerprint density at radius 1 is 1.03 bits per heavy atom. The highest BCUT2D eigenvalue weighted by molar-refractivity contribution is 5.92. The molecular formula is C27H43N3O6. The minimum Gasteiger partial charge on any atom is -0.466 e. The Morgan fingerprint density at radius 3 is 2.17 bits per heavy atom. The molecule has 0 aliphatic heterocycles. The number of carbonyl (C=O) groups excluding carboxylic acids is 4. The number of nitrogens with zero attached hydrogens (tertiary/aromatic N) is 1. The van der Waals surface area contributed by atoms with Crippen LogP contribution in [0.2, 0.25) is 0 Å². The van der Waals surface area contributed by atoms with Crippen molar-refractivity contribution in [3.8, 4) is 0 Å². The Bertz CT molecular complexity index is 889. The van der Waals surface area contributed by atoms with E-state index in [2.05, 4.69) is 10.6 Å². The second-order valence-electron chi connectivity index (χ2n) is 9.92. The average molecular weight is 506 g/mol. The van der Waals surface area contributed by atoms with Crippen molar-refractivity contribution in [1.29, 1.82) is 0 Å². The van der Waals surface area contributed by atoms with Crippen molar-refractivity contribution in [3.63, 3.8) is 0 Å². The third kappa shape index (κ3) is 10.7. The van der Waals surface area contributed by atoms with Crippen molar-refractivity contribution in [3.05, 3.63) is 34.9 Å². The Balaban J connectivity index is 3.28. The molecule has 0 saturated heterocycles. The van der Waals surface area contributed by atoms with Gasteiger partial charge in [0.1, 0.15) is 17.7 Å². The Morgan fingerprint density at radius 2 is 1.64 bits per heavy atom. The Labute approximate surface area is 215 Å². The van der Waals surface area contributed by atoms with Gasteiger partial charge in [-0.25, -0.2) is 4.79 Å². The first-order valence-corrected chi connectivity index (χ1v) is 12.6. The predicted octanol–water partition coefficient (Wildman–Crippen LogP) is 3.96. The van der Waals surface area contributed by atoms with Crippen LogP contribution in [0.4, 0.5) is 4.79 Å². The van der Waals surface area contributed by atoms with Crippen molar-refractivity contribution >= 4 is 23.9 Å². The van der Waals surface area contributed by atoms with Crippen LogP contribution in [0.3, 0.4) is 0 Å². The van der Waals surface area contributed by atoms with E-state index in [1.165, 1.54) is 4.90 Å². The van der Waals surface area contributed by atoms with Gasteiger partial charge in [-0.3, -0.25) is 14.4 Å². The van der Waals surface area contributed by atoms with E-state index in [-0.39, 0.29) is 19.6 Å². The second-order valence-corrected chi connectivity index (χ2v) is 9.92. The zero-order valence-corrected chi connectivity index (χ0v) is 23.0. The molecule has 0 heterocycles. The fourth-order valence-corrected chi connectivity index (χ4v) is 3.75. The van der Waals surface area contributed by atoms with E-state index in [1.54, 1.807) is 34.6 Å². The monoisotopic (exact) mass is 505 g/mol. The number of amides is 3. The summed E-state index contributed by atoms with van der Waals surface area (Å²) in [6, 6.07) is 3.89. The van der Waals surface area contributed by atoms with Crippen LogP contribution in [0.15, 0.2) is 18.2 Å². The summed E-state index contributed by atoms with van der Waals surface area (Å²) in [5.74, 6) is -1.22. The smallest absolute Gasteiger partial charge is 0.408 e. The van der Waals surface area contributed by atoms with Gasteiger partial charge in [0.05, 0.1) is 13.0 Å². The van der Waals surface area contributed by atoms with Gasteiger partial charge in [-0.05, 0) is 60.5 Å². The summed E-state index contributed by atoms with van der Waals surface area (Å²) in [6.45, 7) is 15.0. The minimum absolute atomic E-state index is 0.0264. The molecule has 2 N–H and O–H groups in total. The Kier molecular flexibility index (Phi) is 12.4. The zero-order valence-electron chi connectivity index (χ0n) is 23.0. The summed E-state index contributed by atoms with van der Waals surface area (Å²) in [5, 5.41) is 5.37. The molecule has 0 aromatic heterocycles. The molecule has 1 aromatic carbocycles. The van der Waals surface area contributed by atoms with Crippen molar-refractivity contribution < 1.29 is 28.7 Å². The fourth-order valence-electron chi connectivity index (χ4n) is 3.75. The van der Waals surface area contributed by atoms with Crippen molar-refractivity contribution in [2.75, 3.05) is 19.7 Å². The van der Waals surface area contributed by atoms with Crippen molar-refractivity contribution in [2.24, 2.45) is 0 Å². The summed E-state index contributed by atoms with van der Waals surface area (Å²) in [5.41, 5.74) is 1.86. The molecule has 202 valence electrons. The van der Waals surface area contributed by atoms with Gasteiger partial charge in [0.2, 0.25) is 11.8 Å². The molecule has 0 spiro atoms. The van der Waals surface area contributed by atoms with Crippen LogP contribution in [0, 0.1) is 13.8 Å². The van der Waals surface area contributed by atoms with E-state index in [0.717, 1.165) is 17.5 Å². The predicted molar refractivity (Wildman–Crippen MR) is 138 cm³/mol. The topological polar surface area (TPSA) is 114 Å². The Hall–Kier alpha value is -3.10. The molecule has 9 nitrogen and oxygen atoms in total. The lowest BCUT2D eigenvalue weighted by molar-refractivity contribution is -0.144. The number of hydrogen-bond donors (Lipinski definition) is 2. The van der Waals surface area contributed by atoms with Gasteiger partial charge in [-0.1, -0.05) is 42.7 Å². The lowest BCUT2D eigenvalue weighted by Crippen LogP contribution is -2.52. The number of esters is 1. The molecule has 0 radical (unpaired) electrons. The van der Waals surface area contributed by atoms with Crippen LogP contribution in [-0.2, 0) is 23.9 Å². The number of aryl methyl sites for hydroxylation is 2. The highest BCUT2D eigenvalue weighted by Crippen LogP contribution is 2.25. The molecule has 9 heteroatoms. The van der Waals surface area contributed by atoms with Crippen LogP contribution in [-0.4, -0.2) is 60.1 Å². The molecule has 0 aliphatic rings. The second kappa shape index (κ2) is 14.5. The summed E-state index contributed by atoms with van der Waals surface area (Å²) < 4.78 is 10.2. The number of rotatable bonds is 12. The number of alkyl carbamates (subject to hydrolysis) is 1. The fraction of sp³-hybridized carbons (Fsp3) is 0.630. The van der Waals surface area contributed by atoms with E-state index in [9.17, 15) is 19.2 Å². The third-order valence-corrected chi connectivity index (χ3v) is 5.19. The zero-order chi connectivity index (χ0) is 27.5. The highest BCUT2D eigenvalue weighted by atomic mass is 16.6. The van der Waals surface area contributed by atoms with Gasteiger partial charge in [0.25, 0.3) is 0 Å². The first kappa shape index (κ1) is 30.9. The third-order valence-electron chi connectivity index (χ3n) is 5.19. The number of benzene rings is 1. The molecule has 3 amide bonds. The molecule has 1 rings (SSSR count). The number of nitrogens with one attached hydrogen (secondary N) is 2. The van der Waals surface area contributed by atoms with E-state index in [0.29, 0.717) is 18.5 Å². The van der Waals surface area contributed by atoms with E-state index >= 15 is 0 Å². The molecule has 36 heavy (non-hydrogen) atoms. The standard InChI is InChI=1S/C27H43N3O6/c1-9-11-14-30(25(33)20(5)29-26(34)36-27(6,7)8)23(21-16-18(3)15-19(4)17-21)24(32)28-13-12-22(31)35-10-2/h15-17,20,23H,9-14H2,1-8H3,(H,28,32)(H,29,34). The van der Waals surface area contributed by atoms with Gasteiger partial charge in [-0.15, -0.1) is 0 Å². The largest absolute Gasteiger partial charge is 0.466 e. The molecule has 1 aromatic rings. The summed E-state index contributed by atoms with van der Waals surface area (Å²) >= 11 is 0. The van der Waals surface area contributed by atoms with E-state index in [1.807, 2.05) is 39.0 Å². The molecular weight excluding hydrogens is 462 g/mol. The highest BCUT2D eigenvalue weighted by Gasteiger charge is 2.34. The van der Waals surface area contributed by atoms with Gasteiger partial charge < -0.3 is 25.0 Å². The van der Waals surface area contributed by atoms with E-state index < -0.39 is 41.6 Å². The maximum absolute atomic E-state index is 13.6. The quantitative estimate of drug-likeness (QED) is 0.416. The molecule has 0 aliphatic carbocycles. The van der Waals surface area contributed by atoms with Crippen LogP contribution in [0.5, 0.6) is 0 Å². The normalized spacial score (nSPS) is 12.8. The minimum atomic E-state index is -0.937. The maximum atomic E-state index is 13.6. The van der Waals surface area contributed by atoms with Crippen LogP contribution >= 0.6 is 0 Å². The lowest BCUT2D eigenvalue weighted by atomic mass is 9.98. The van der Waals surface area contributed by atoms with Gasteiger partial charge in [-0.2, -0.15) is 0 Å². The first-order chi connectivity index (χ1) is 16.8. The molecule has 0 bridgehead atoms. The van der Waals surface area contributed by atoms with Gasteiger partial charge >= 0.3 is 12.1 Å².